The van der Waals surface area contributed by atoms with Crippen molar-refractivity contribution in [2.75, 3.05) is 0 Å². The van der Waals surface area contributed by atoms with Gasteiger partial charge >= 0.3 is 18.6 Å². The second-order valence-electron chi connectivity index (χ2n) is 2.17. The van der Waals surface area contributed by atoms with E-state index >= 15 is 0 Å². The summed E-state index contributed by atoms with van der Waals surface area (Å²) in [4.78, 5) is 0. The molecule has 0 saturated heterocycles. The van der Waals surface area contributed by atoms with Gasteiger partial charge in [0.15, 0.2) is 0 Å². The summed E-state index contributed by atoms with van der Waals surface area (Å²) in [5.74, 6) is 0. The van der Waals surface area contributed by atoms with Crippen molar-refractivity contribution in [1.29, 1.82) is 0 Å². The minimum Gasteiger partial charge on any atom is -1.00 e. The van der Waals surface area contributed by atoms with Crippen molar-refractivity contribution < 1.29 is 55.8 Å². The second-order valence-corrected chi connectivity index (χ2v) is 2.17. The average Bonchev–Trinajstić information content (AvgIpc) is 2.14. The fourth-order valence-corrected chi connectivity index (χ4v) is 0.890. The zero-order chi connectivity index (χ0) is 5.98. The summed E-state index contributed by atoms with van der Waals surface area (Å²) >= 11 is 0. The van der Waals surface area contributed by atoms with Crippen LogP contribution in [0.2, 0.25) is 0 Å². The first-order valence-corrected chi connectivity index (χ1v) is 3.11. The van der Waals surface area contributed by atoms with Crippen molar-refractivity contribution in [2.24, 2.45) is 0 Å². The van der Waals surface area contributed by atoms with Gasteiger partial charge in [0.2, 0.25) is 0 Å². The van der Waals surface area contributed by atoms with E-state index in [0.717, 1.165) is 12.8 Å². The molecule has 12 heavy (non-hydrogen) atoms. The monoisotopic (exact) mass is 263 g/mol. The van der Waals surface area contributed by atoms with E-state index < -0.39 is 0 Å². The zero-order valence-corrected chi connectivity index (χ0v) is 10.7. The number of halogens is 3. The number of hydrogen-bond donors (Lipinski definition) is 0. The summed E-state index contributed by atoms with van der Waals surface area (Å²) in [5.41, 5.74) is 2.75. The Bertz CT molecular complexity index is 152. The summed E-state index contributed by atoms with van der Waals surface area (Å²) in [6.45, 7) is 4.28. The zero-order valence-electron chi connectivity index (χ0n) is 7.07. The molecule has 4 heteroatoms. The van der Waals surface area contributed by atoms with Crippen LogP contribution in [-0.4, -0.2) is 0 Å². The van der Waals surface area contributed by atoms with E-state index in [1.165, 1.54) is 11.1 Å². The molecule has 1 radical (unpaired) electrons. The van der Waals surface area contributed by atoms with E-state index in [1.807, 2.05) is 0 Å². The van der Waals surface area contributed by atoms with E-state index in [4.69, 9.17) is 0 Å². The normalized spacial score (nSPS) is 12.2. The van der Waals surface area contributed by atoms with Gasteiger partial charge in [-0.05, 0) is 0 Å². The maximum absolute atomic E-state index is 3.28. The molecule has 0 unspecified atom stereocenters. The van der Waals surface area contributed by atoms with Crippen LogP contribution < -0.4 is 37.2 Å². The predicted octanol–water partition coefficient (Wildman–Crippen LogP) is -6.51. The molecule has 0 amide bonds. The minimum absolute atomic E-state index is 0. The Balaban J connectivity index is -0.0000000800. The van der Waals surface area contributed by atoms with Gasteiger partial charge in [-0.2, -0.15) is 5.57 Å². The topological polar surface area (TPSA) is 0 Å². The quantitative estimate of drug-likeness (QED) is 0.413. The van der Waals surface area contributed by atoms with Crippen LogP contribution in [0.3, 0.4) is 0 Å². The molecule has 0 aromatic rings. The molecule has 0 N–H and O–H groups in total. The molecule has 0 spiro atoms. The molecule has 0 nitrogen and oxygen atoms in total. The van der Waals surface area contributed by atoms with Crippen molar-refractivity contribution >= 4 is 0 Å². The van der Waals surface area contributed by atoms with Crippen molar-refractivity contribution in [1.82, 2.24) is 0 Å². The van der Waals surface area contributed by atoms with E-state index in [-0.39, 0.29) is 55.8 Å². The van der Waals surface area contributed by atoms with Crippen molar-refractivity contribution in [3.63, 3.8) is 0 Å². The van der Waals surface area contributed by atoms with Crippen LogP contribution in [0.5, 0.6) is 0 Å². The molecule has 0 fully saturated rings. The molecular formula is C8H11Cl3V. The van der Waals surface area contributed by atoms with E-state index in [9.17, 15) is 0 Å². The summed E-state index contributed by atoms with van der Waals surface area (Å²) in [6, 6.07) is 0. The molecular weight excluding hydrogens is 253 g/mol. The Morgan fingerprint density at radius 3 is 2.00 bits per heavy atom. The average molecular weight is 264 g/mol. The largest absolute Gasteiger partial charge is 4.00 e. The van der Waals surface area contributed by atoms with Gasteiger partial charge < -0.3 is 37.2 Å². The number of hydrogen-bond acceptors (Lipinski definition) is 0. The Morgan fingerprint density at radius 2 is 1.83 bits per heavy atom. The van der Waals surface area contributed by atoms with Gasteiger partial charge in [-0.15, -0.1) is 0 Å². The van der Waals surface area contributed by atoms with Gasteiger partial charge in [0, 0.05) is 0 Å². The molecule has 69 valence electrons. The van der Waals surface area contributed by atoms with Crippen LogP contribution in [0, 0.1) is 6.08 Å². The van der Waals surface area contributed by atoms with Crippen molar-refractivity contribution in [3.8, 4) is 0 Å². The van der Waals surface area contributed by atoms with Crippen molar-refractivity contribution in [2.45, 2.75) is 26.7 Å². The van der Waals surface area contributed by atoms with Gasteiger partial charge in [0.05, 0.1) is 0 Å². The maximum atomic E-state index is 3.28. The van der Waals surface area contributed by atoms with E-state index in [1.54, 1.807) is 0 Å². The third-order valence-electron chi connectivity index (χ3n) is 1.46. The Hall–Kier alpha value is 0.934. The van der Waals surface area contributed by atoms with E-state index in [0.29, 0.717) is 0 Å². The Morgan fingerprint density at radius 1 is 1.33 bits per heavy atom. The first kappa shape index (κ1) is 23.1. The molecule has 0 aromatic carbocycles. The van der Waals surface area contributed by atoms with Gasteiger partial charge in [0.1, 0.15) is 0 Å². The van der Waals surface area contributed by atoms with Crippen LogP contribution in [-0.2, 0) is 18.6 Å². The fourth-order valence-electron chi connectivity index (χ4n) is 0.890. The van der Waals surface area contributed by atoms with Gasteiger partial charge in [-0.3, -0.25) is 0 Å². The van der Waals surface area contributed by atoms with Crippen LogP contribution in [0.4, 0.5) is 0 Å². The molecule has 0 bridgehead atoms. The molecule has 0 atom stereocenters. The van der Waals surface area contributed by atoms with Crippen LogP contribution in [0.1, 0.15) is 26.7 Å². The van der Waals surface area contributed by atoms with Gasteiger partial charge in [-0.25, -0.2) is 17.7 Å². The minimum atomic E-state index is 0. The SMILES string of the molecule is CCC1=[C-]C(C)=CC1.[Cl-].[Cl-].[Cl-].[V+4]. The summed E-state index contributed by atoms with van der Waals surface area (Å²) in [6.07, 6.45) is 7.80. The predicted molar refractivity (Wildman–Crippen MR) is 35.4 cm³/mol. The van der Waals surface area contributed by atoms with Gasteiger partial charge in [0.25, 0.3) is 0 Å². The summed E-state index contributed by atoms with van der Waals surface area (Å²) in [7, 11) is 0. The first-order valence-electron chi connectivity index (χ1n) is 3.11. The number of rotatable bonds is 1. The standard InChI is InChI=1S/C8H11.3ClH.V/c1-3-8-5-4-7(2)6-8;;;;/h4H,3,5H2,1-2H3;3*1H;/q-1;;;;+4/p-3. The summed E-state index contributed by atoms with van der Waals surface area (Å²) < 4.78 is 0. The molecule has 1 aliphatic carbocycles. The first-order chi connectivity index (χ1) is 3.83. The summed E-state index contributed by atoms with van der Waals surface area (Å²) in [5, 5.41) is 0. The molecule has 1 rings (SSSR count). The number of allylic oxidation sites excluding steroid dienone is 4. The molecule has 0 saturated carbocycles. The third kappa shape index (κ3) is 7.58. The molecule has 0 aromatic heterocycles. The second kappa shape index (κ2) is 11.9. The fraction of sp³-hybridized carbons (Fsp3) is 0.500. The van der Waals surface area contributed by atoms with Crippen LogP contribution in [0.25, 0.3) is 0 Å². The Kier molecular flexibility index (Phi) is 23.0. The van der Waals surface area contributed by atoms with Crippen LogP contribution in [0.15, 0.2) is 17.2 Å². The van der Waals surface area contributed by atoms with Crippen LogP contribution >= 0.6 is 0 Å². The molecule has 0 heterocycles. The van der Waals surface area contributed by atoms with E-state index in [2.05, 4.69) is 26.0 Å². The molecule has 0 aliphatic heterocycles. The maximum Gasteiger partial charge on any atom is 4.00 e. The Labute approximate surface area is 105 Å². The third-order valence-corrected chi connectivity index (χ3v) is 1.46. The van der Waals surface area contributed by atoms with Crippen molar-refractivity contribution in [3.05, 3.63) is 23.3 Å². The van der Waals surface area contributed by atoms with Gasteiger partial charge in [-0.1, -0.05) is 26.7 Å². The smallest absolute Gasteiger partial charge is 1.00 e. The molecule has 1 aliphatic rings.